The highest BCUT2D eigenvalue weighted by molar-refractivity contribution is 5.97. The lowest BCUT2D eigenvalue weighted by atomic mass is 10.1. The van der Waals surface area contributed by atoms with Crippen LogP contribution in [0.3, 0.4) is 0 Å². The van der Waals surface area contributed by atoms with Gasteiger partial charge in [-0.1, -0.05) is 18.2 Å². The van der Waals surface area contributed by atoms with E-state index in [-0.39, 0.29) is 24.8 Å². The number of hydrogen-bond acceptors (Lipinski definition) is 2. The first-order valence-corrected chi connectivity index (χ1v) is 5.92. The van der Waals surface area contributed by atoms with Gasteiger partial charge in [0.25, 0.3) is 0 Å². The van der Waals surface area contributed by atoms with Gasteiger partial charge in [0.05, 0.1) is 0 Å². The standard InChI is InChI=1S/C15H13N3O.2ClH/c16-12-5-3-9(4-6-12)13-7-10-1-2-11(15(17)19)8-14(10)18-13;;/h1-8,18H,16H2,(H2,17,19);2*1H. The molecule has 0 aliphatic rings. The van der Waals surface area contributed by atoms with Gasteiger partial charge in [-0.15, -0.1) is 24.8 Å². The molecule has 0 aliphatic heterocycles. The van der Waals surface area contributed by atoms with Crippen LogP contribution < -0.4 is 11.5 Å². The van der Waals surface area contributed by atoms with Crippen LogP contribution in [0.1, 0.15) is 10.4 Å². The lowest BCUT2D eigenvalue weighted by Crippen LogP contribution is -2.10. The average molecular weight is 324 g/mol. The van der Waals surface area contributed by atoms with Crippen LogP contribution in [-0.2, 0) is 0 Å². The average Bonchev–Trinajstić information content (AvgIpc) is 2.82. The summed E-state index contributed by atoms with van der Waals surface area (Å²) in [4.78, 5) is 14.4. The highest BCUT2D eigenvalue weighted by Crippen LogP contribution is 2.25. The van der Waals surface area contributed by atoms with Gasteiger partial charge >= 0.3 is 0 Å². The summed E-state index contributed by atoms with van der Waals surface area (Å²) in [6.07, 6.45) is 0. The minimum absolute atomic E-state index is 0. The molecule has 0 unspecified atom stereocenters. The summed E-state index contributed by atoms with van der Waals surface area (Å²) in [5, 5.41) is 1.04. The molecule has 3 rings (SSSR count). The van der Waals surface area contributed by atoms with Crippen LogP contribution in [0.4, 0.5) is 5.69 Å². The molecule has 1 aromatic heterocycles. The van der Waals surface area contributed by atoms with Crippen molar-refractivity contribution in [2.75, 3.05) is 5.73 Å². The van der Waals surface area contributed by atoms with Crippen LogP contribution in [0, 0.1) is 0 Å². The van der Waals surface area contributed by atoms with Gasteiger partial charge in [0.1, 0.15) is 0 Å². The van der Waals surface area contributed by atoms with E-state index in [1.807, 2.05) is 36.4 Å². The minimum atomic E-state index is -0.425. The number of aromatic nitrogens is 1. The normalized spacial score (nSPS) is 9.71. The van der Waals surface area contributed by atoms with E-state index in [2.05, 4.69) is 4.98 Å². The van der Waals surface area contributed by atoms with Crippen molar-refractivity contribution in [3.8, 4) is 11.3 Å². The van der Waals surface area contributed by atoms with Crippen LogP contribution in [-0.4, -0.2) is 10.9 Å². The molecule has 1 heterocycles. The van der Waals surface area contributed by atoms with E-state index in [0.717, 1.165) is 27.8 Å². The molecule has 0 aliphatic carbocycles. The van der Waals surface area contributed by atoms with E-state index >= 15 is 0 Å². The highest BCUT2D eigenvalue weighted by Gasteiger charge is 2.06. The van der Waals surface area contributed by atoms with Gasteiger partial charge in [0.15, 0.2) is 0 Å². The Bertz CT molecular complexity index is 766. The summed E-state index contributed by atoms with van der Waals surface area (Å²) < 4.78 is 0. The second kappa shape index (κ2) is 6.52. The molecular weight excluding hydrogens is 309 g/mol. The summed E-state index contributed by atoms with van der Waals surface area (Å²) in [7, 11) is 0. The molecule has 6 heteroatoms. The number of halogens is 2. The fraction of sp³-hybridized carbons (Fsp3) is 0. The van der Waals surface area contributed by atoms with Crippen molar-refractivity contribution in [3.63, 3.8) is 0 Å². The predicted molar refractivity (Wildman–Crippen MR) is 91.2 cm³/mol. The fourth-order valence-corrected chi connectivity index (χ4v) is 2.10. The van der Waals surface area contributed by atoms with E-state index in [0.29, 0.717) is 5.56 Å². The Morgan fingerprint density at radius 1 is 0.952 bits per heavy atom. The zero-order valence-corrected chi connectivity index (χ0v) is 12.6. The van der Waals surface area contributed by atoms with Gasteiger partial charge in [-0.05, 0) is 35.9 Å². The maximum atomic E-state index is 11.2. The van der Waals surface area contributed by atoms with E-state index in [4.69, 9.17) is 11.5 Å². The monoisotopic (exact) mass is 323 g/mol. The maximum absolute atomic E-state index is 11.2. The molecule has 0 saturated carbocycles. The third-order valence-electron chi connectivity index (χ3n) is 3.13. The van der Waals surface area contributed by atoms with Crippen molar-refractivity contribution in [1.29, 1.82) is 0 Å². The Labute approximate surface area is 134 Å². The molecule has 4 nitrogen and oxygen atoms in total. The van der Waals surface area contributed by atoms with Gasteiger partial charge in [-0.2, -0.15) is 0 Å². The summed E-state index contributed by atoms with van der Waals surface area (Å²) in [5.74, 6) is -0.425. The Balaban J connectivity index is 0.00000110. The Kier molecular flexibility index (Phi) is 5.24. The number of carbonyl (C=O) groups excluding carboxylic acids is 1. The number of hydrogen-bond donors (Lipinski definition) is 3. The molecule has 5 N–H and O–H groups in total. The predicted octanol–water partition coefficient (Wildman–Crippen LogP) is 3.36. The van der Waals surface area contributed by atoms with E-state index in [1.165, 1.54) is 0 Å². The molecule has 1 amide bonds. The van der Waals surface area contributed by atoms with Gasteiger partial charge < -0.3 is 16.5 Å². The van der Waals surface area contributed by atoms with Crippen molar-refractivity contribution < 1.29 is 4.79 Å². The first-order chi connectivity index (χ1) is 9.13. The number of aromatic amines is 1. The number of fused-ring (bicyclic) bond motifs is 1. The molecule has 3 aromatic rings. The zero-order chi connectivity index (χ0) is 13.4. The van der Waals surface area contributed by atoms with Crippen molar-refractivity contribution in [3.05, 3.63) is 54.1 Å². The summed E-state index contributed by atoms with van der Waals surface area (Å²) in [6, 6.07) is 15.0. The van der Waals surface area contributed by atoms with Crippen molar-refractivity contribution in [2.45, 2.75) is 0 Å². The smallest absolute Gasteiger partial charge is 0.248 e. The molecule has 2 aromatic carbocycles. The van der Waals surface area contributed by atoms with Gasteiger partial charge in [-0.25, -0.2) is 0 Å². The highest BCUT2D eigenvalue weighted by atomic mass is 35.5. The van der Waals surface area contributed by atoms with Gasteiger partial charge in [-0.3, -0.25) is 4.79 Å². The van der Waals surface area contributed by atoms with E-state index < -0.39 is 5.91 Å². The summed E-state index contributed by atoms with van der Waals surface area (Å²) in [5.41, 5.74) is 15.1. The van der Waals surface area contributed by atoms with Crippen molar-refractivity contribution >= 4 is 47.3 Å². The topological polar surface area (TPSA) is 84.9 Å². The Morgan fingerprint density at radius 3 is 2.24 bits per heavy atom. The van der Waals surface area contributed by atoms with Crippen LogP contribution in [0.15, 0.2) is 48.5 Å². The number of nitrogens with two attached hydrogens (primary N) is 2. The molecule has 0 atom stereocenters. The van der Waals surface area contributed by atoms with E-state index in [9.17, 15) is 4.79 Å². The Morgan fingerprint density at radius 2 is 1.62 bits per heavy atom. The first-order valence-electron chi connectivity index (χ1n) is 5.92. The number of rotatable bonds is 2. The SMILES string of the molecule is Cl.Cl.NC(=O)c1ccc2cc(-c3ccc(N)cc3)[nH]c2c1. The summed E-state index contributed by atoms with van der Waals surface area (Å²) >= 11 is 0. The molecule has 0 bridgehead atoms. The quantitative estimate of drug-likeness (QED) is 0.632. The van der Waals surface area contributed by atoms with E-state index in [1.54, 1.807) is 12.1 Å². The van der Waals surface area contributed by atoms with Crippen molar-refractivity contribution in [1.82, 2.24) is 4.98 Å². The Hall–Kier alpha value is -2.17. The number of nitrogen functional groups attached to an aromatic ring is 1. The van der Waals surface area contributed by atoms with Crippen LogP contribution in [0.5, 0.6) is 0 Å². The summed E-state index contributed by atoms with van der Waals surface area (Å²) in [6.45, 7) is 0. The molecule has 0 radical (unpaired) electrons. The van der Waals surface area contributed by atoms with Gasteiger partial charge in [0.2, 0.25) is 5.91 Å². The number of amides is 1. The molecule has 21 heavy (non-hydrogen) atoms. The first kappa shape index (κ1) is 16.9. The van der Waals surface area contributed by atoms with Crippen LogP contribution in [0.2, 0.25) is 0 Å². The number of anilines is 1. The third-order valence-corrected chi connectivity index (χ3v) is 3.13. The van der Waals surface area contributed by atoms with Crippen LogP contribution >= 0.6 is 24.8 Å². The number of benzene rings is 2. The lowest BCUT2D eigenvalue weighted by Gasteiger charge is -1.98. The molecule has 0 fully saturated rings. The van der Waals surface area contributed by atoms with Gasteiger partial charge in [0, 0.05) is 27.8 Å². The maximum Gasteiger partial charge on any atom is 0.248 e. The lowest BCUT2D eigenvalue weighted by molar-refractivity contribution is 0.100. The fourth-order valence-electron chi connectivity index (χ4n) is 2.10. The zero-order valence-electron chi connectivity index (χ0n) is 11.0. The molecule has 0 spiro atoms. The minimum Gasteiger partial charge on any atom is -0.399 e. The second-order valence-electron chi connectivity index (χ2n) is 4.47. The number of primary amides is 1. The molecular formula is C15H15Cl2N3O. The van der Waals surface area contributed by atoms with Crippen molar-refractivity contribution in [2.24, 2.45) is 5.73 Å². The third kappa shape index (κ3) is 3.29. The molecule has 0 saturated heterocycles. The largest absolute Gasteiger partial charge is 0.399 e. The second-order valence-corrected chi connectivity index (χ2v) is 4.47. The number of carbonyl (C=O) groups is 1. The number of nitrogens with one attached hydrogen (secondary N) is 1. The number of H-pyrrole nitrogens is 1. The van der Waals surface area contributed by atoms with Crippen LogP contribution in [0.25, 0.3) is 22.2 Å². The molecule has 110 valence electrons.